The summed E-state index contributed by atoms with van der Waals surface area (Å²) >= 11 is 0. The second-order valence-electron chi connectivity index (χ2n) is 8.24. The lowest BCUT2D eigenvalue weighted by molar-refractivity contribution is -0.140. The third-order valence-corrected chi connectivity index (χ3v) is 6.77. The molecule has 5 aliphatic rings. The first-order valence-corrected chi connectivity index (χ1v) is 10.1. The quantitative estimate of drug-likeness (QED) is 0.608. The van der Waals surface area contributed by atoms with E-state index >= 15 is 0 Å². The molecule has 146 valence electrons. The number of anilines is 1. The van der Waals surface area contributed by atoms with Crippen LogP contribution in [0.4, 0.5) is 5.69 Å². The van der Waals surface area contributed by atoms with Gasteiger partial charge in [-0.2, -0.15) is 0 Å². The van der Waals surface area contributed by atoms with E-state index in [1.54, 1.807) is 24.3 Å². The molecular formula is C22H24N2O4. The van der Waals surface area contributed by atoms with E-state index in [-0.39, 0.29) is 54.4 Å². The Bertz CT molecular complexity index is 826. The van der Waals surface area contributed by atoms with Crippen LogP contribution in [-0.4, -0.2) is 35.8 Å². The molecule has 1 N–H and O–H groups in total. The molecule has 1 aromatic rings. The van der Waals surface area contributed by atoms with Crippen molar-refractivity contribution in [3.05, 3.63) is 36.4 Å². The zero-order chi connectivity index (χ0) is 19.4. The smallest absolute Gasteiger partial charge is 0.233 e. The first-order chi connectivity index (χ1) is 13.6. The van der Waals surface area contributed by atoms with Crippen LogP contribution in [0.3, 0.4) is 0 Å². The Morgan fingerprint density at radius 3 is 2.25 bits per heavy atom. The van der Waals surface area contributed by atoms with Crippen LogP contribution in [0.25, 0.3) is 0 Å². The van der Waals surface area contributed by atoms with Gasteiger partial charge in [0.2, 0.25) is 17.7 Å². The Balaban J connectivity index is 1.20. The maximum absolute atomic E-state index is 12.9. The summed E-state index contributed by atoms with van der Waals surface area (Å²) in [7, 11) is 0. The van der Waals surface area contributed by atoms with Crippen LogP contribution in [-0.2, 0) is 14.4 Å². The highest BCUT2D eigenvalue weighted by atomic mass is 16.5. The number of carbonyl (C=O) groups excluding carboxylic acids is 3. The summed E-state index contributed by atoms with van der Waals surface area (Å²) in [6, 6.07) is 7.15. The average molecular weight is 380 g/mol. The largest absolute Gasteiger partial charge is 0.494 e. The van der Waals surface area contributed by atoms with Gasteiger partial charge >= 0.3 is 0 Å². The molecule has 6 nitrogen and oxygen atoms in total. The maximum Gasteiger partial charge on any atom is 0.233 e. The molecule has 1 aromatic carbocycles. The van der Waals surface area contributed by atoms with Crippen molar-refractivity contribution in [1.29, 1.82) is 0 Å². The minimum absolute atomic E-state index is 0.0754. The van der Waals surface area contributed by atoms with Crippen LogP contribution in [0.1, 0.15) is 19.8 Å². The molecule has 6 atom stereocenters. The number of benzene rings is 1. The second-order valence-corrected chi connectivity index (χ2v) is 8.24. The fourth-order valence-corrected chi connectivity index (χ4v) is 5.48. The van der Waals surface area contributed by atoms with Gasteiger partial charge in [0, 0.05) is 18.7 Å². The van der Waals surface area contributed by atoms with Crippen molar-refractivity contribution in [2.45, 2.75) is 19.8 Å². The molecule has 1 aliphatic heterocycles. The summed E-state index contributed by atoms with van der Waals surface area (Å²) in [5, 5.41) is 2.82. The molecule has 1 saturated heterocycles. The van der Waals surface area contributed by atoms with Crippen molar-refractivity contribution in [2.75, 3.05) is 18.5 Å². The highest BCUT2D eigenvalue weighted by Gasteiger charge is 2.66. The van der Waals surface area contributed by atoms with Gasteiger partial charge in [0.1, 0.15) is 5.75 Å². The molecule has 3 fully saturated rings. The summed E-state index contributed by atoms with van der Waals surface area (Å²) in [6.07, 6.45) is 5.58. The van der Waals surface area contributed by atoms with E-state index in [0.717, 1.165) is 12.2 Å². The molecule has 0 spiro atoms. The van der Waals surface area contributed by atoms with Crippen molar-refractivity contribution in [1.82, 2.24) is 4.90 Å². The van der Waals surface area contributed by atoms with Gasteiger partial charge in [0.15, 0.2) is 0 Å². The summed E-state index contributed by atoms with van der Waals surface area (Å²) in [5.41, 5.74) is 0.670. The number of hydrogen-bond acceptors (Lipinski definition) is 4. The molecule has 1 heterocycles. The lowest BCUT2D eigenvalue weighted by atomic mass is 9.63. The molecule has 0 unspecified atom stereocenters. The Labute approximate surface area is 163 Å². The number of allylic oxidation sites excluding steroid dienone is 2. The van der Waals surface area contributed by atoms with Crippen LogP contribution >= 0.6 is 0 Å². The minimum atomic E-state index is -0.205. The fraction of sp³-hybridized carbons (Fsp3) is 0.500. The van der Waals surface area contributed by atoms with Crippen molar-refractivity contribution in [3.8, 4) is 5.75 Å². The Morgan fingerprint density at radius 1 is 1.07 bits per heavy atom. The van der Waals surface area contributed by atoms with Gasteiger partial charge in [-0.05, 0) is 61.3 Å². The molecule has 28 heavy (non-hydrogen) atoms. The van der Waals surface area contributed by atoms with Crippen LogP contribution in [0, 0.1) is 35.5 Å². The number of nitrogens with one attached hydrogen (secondary N) is 1. The Hall–Kier alpha value is -2.63. The SMILES string of the molecule is CCOc1ccc(NC(=O)CCN2C(=O)[C@H]3[C@@H]4C=C[C@H]([C@H]5C[C@H]45)[C@@H]3C2=O)cc1. The van der Waals surface area contributed by atoms with Crippen LogP contribution in [0.15, 0.2) is 36.4 Å². The second kappa shape index (κ2) is 6.47. The van der Waals surface area contributed by atoms with Gasteiger partial charge in [-0.3, -0.25) is 19.3 Å². The summed E-state index contributed by atoms with van der Waals surface area (Å²) in [5.74, 6) is 1.63. The van der Waals surface area contributed by atoms with Gasteiger partial charge in [-0.15, -0.1) is 0 Å². The molecule has 4 aliphatic carbocycles. The van der Waals surface area contributed by atoms with Gasteiger partial charge in [-0.25, -0.2) is 0 Å². The molecule has 0 aromatic heterocycles. The summed E-state index contributed by atoms with van der Waals surface area (Å²) in [4.78, 5) is 39.4. The highest BCUT2D eigenvalue weighted by Crippen LogP contribution is 2.65. The summed E-state index contributed by atoms with van der Waals surface area (Å²) < 4.78 is 5.38. The molecule has 6 heteroatoms. The number of ether oxygens (including phenoxy) is 1. The maximum atomic E-state index is 12.9. The standard InChI is InChI=1S/C22H24N2O4/c1-2-28-13-5-3-12(4-6-13)23-18(25)9-10-24-21(26)19-14-7-8-15(17-11-16(14)17)20(19)22(24)27/h3-8,14-17,19-20H,2,9-11H2,1H3,(H,23,25)/t14-,15-,16-,17-,19+,20+/m1/s1. The van der Waals surface area contributed by atoms with Crippen molar-refractivity contribution in [3.63, 3.8) is 0 Å². The number of nitrogens with zero attached hydrogens (tertiary/aromatic N) is 1. The molecule has 2 bridgehead atoms. The molecular weight excluding hydrogens is 356 g/mol. The van der Waals surface area contributed by atoms with E-state index in [9.17, 15) is 14.4 Å². The van der Waals surface area contributed by atoms with Crippen LogP contribution < -0.4 is 10.1 Å². The van der Waals surface area contributed by atoms with E-state index in [1.165, 1.54) is 4.90 Å². The number of carbonyl (C=O) groups is 3. The molecule has 6 rings (SSSR count). The van der Waals surface area contributed by atoms with Gasteiger partial charge in [-0.1, -0.05) is 12.2 Å². The van der Waals surface area contributed by atoms with Gasteiger partial charge < -0.3 is 10.1 Å². The zero-order valence-corrected chi connectivity index (χ0v) is 15.8. The third-order valence-electron chi connectivity index (χ3n) is 6.77. The zero-order valence-electron chi connectivity index (χ0n) is 15.8. The number of amides is 3. The predicted octanol–water partition coefficient (Wildman–Crippen LogP) is 2.47. The number of rotatable bonds is 6. The van der Waals surface area contributed by atoms with E-state index in [1.807, 2.05) is 6.92 Å². The average Bonchev–Trinajstić information content (AvgIpc) is 3.47. The first-order valence-electron chi connectivity index (χ1n) is 10.1. The predicted molar refractivity (Wildman–Crippen MR) is 102 cm³/mol. The lowest BCUT2D eigenvalue weighted by Gasteiger charge is -2.37. The monoisotopic (exact) mass is 380 g/mol. The van der Waals surface area contributed by atoms with E-state index < -0.39 is 0 Å². The van der Waals surface area contributed by atoms with E-state index in [2.05, 4.69) is 17.5 Å². The van der Waals surface area contributed by atoms with Gasteiger partial charge in [0.05, 0.1) is 18.4 Å². The minimum Gasteiger partial charge on any atom is -0.494 e. The highest BCUT2D eigenvalue weighted by molar-refractivity contribution is 6.06. The van der Waals surface area contributed by atoms with E-state index in [0.29, 0.717) is 24.1 Å². The number of imide groups is 1. The molecule has 0 radical (unpaired) electrons. The molecule has 3 amide bonds. The van der Waals surface area contributed by atoms with Crippen molar-refractivity contribution < 1.29 is 19.1 Å². The van der Waals surface area contributed by atoms with Crippen LogP contribution in [0.2, 0.25) is 0 Å². The normalized spacial score (nSPS) is 34.2. The topological polar surface area (TPSA) is 75.7 Å². The molecule has 2 saturated carbocycles. The van der Waals surface area contributed by atoms with Crippen molar-refractivity contribution >= 4 is 23.4 Å². The van der Waals surface area contributed by atoms with E-state index in [4.69, 9.17) is 4.74 Å². The lowest BCUT2D eigenvalue weighted by Crippen LogP contribution is -2.40. The number of likely N-dealkylation sites (tertiary alicyclic amines) is 1. The first kappa shape index (κ1) is 17.5. The fourth-order valence-electron chi connectivity index (χ4n) is 5.48. The van der Waals surface area contributed by atoms with Crippen LogP contribution in [0.5, 0.6) is 5.75 Å². The number of hydrogen-bond donors (Lipinski definition) is 1. The van der Waals surface area contributed by atoms with Crippen molar-refractivity contribution in [2.24, 2.45) is 35.5 Å². The Kier molecular flexibility index (Phi) is 4.03. The van der Waals surface area contributed by atoms with Gasteiger partial charge in [0.25, 0.3) is 0 Å². The third kappa shape index (κ3) is 2.65. The summed E-state index contributed by atoms with van der Waals surface area (Å²) in [6.45, 7) is 2.66. The Morgan fingerprint density at radius 2 is 1.68 bits per heavy atom.